The fraction of sp³-hybridized carbons (Fsp3) is 0.533. The lowest BCUT2D eigenvalue weighted by atomic mass is 10.2. The Hall–Kier alpha value is -1.51. The third kappa shape index (κ3) is 3.03. The molecule has 1 aromatic carbocycles. The summed E-state index contributed by atoms with van der Waals surface area (Å²) in [5.74, 6) is 0. The number of urea groups is 1. The van der Waals surface area contributed by atoms with Crippen LogP contribution in [0.25, 0.3) is 0 Å². The predicted molar refractivity (Wildman–Crippen MR) is 73.3 cm³/mol. The molecule has 0 bridgehead atoms. The van der Waals surface area contributed by atoms with Gasteiger partial charge in [-0.3, -0.25) is 0 Å². The zero-order valence-electron chi connectivity index (χ0n) is 11.3. The lowest BCUT2D eigenvalue weighted by molar-refractivity contribution is 0.145. The average molecular weight is 246 g/mol. The minimum absolute atomic E-state index is 0.186. The molecule has 0 spiro atoms. The highest BCUT2D eigenvalue weighted by molar-refractivity contribution is 5.75. The van der Waals surface area contributed by atoms with Crippen LogP contribution < -0.4 is 0 Å². The fourth-order valence-corrected chi connectivity index (χ4v) is 2.34. The van der Waals surface area contributed by atoms with Crippen molar-refractivity contribution in [3.8, 4) is 0 Å². The van der Waals surface area contributed by atoms with Gasteiger partial charge in [-0.15, -0.1) is 0 Å². The maximum absolute atomic E-state index is 12.4. The smallest absolute Gasteiger partial charge is 0.320 e. The van der Waals surface area contributed by atoms with Gasteiger partial charge in [0.25, 0.3) is 0 Å². The molecule has 0 aromatic heterocycles. The molecule has 1 saturated heterocycles. The van der Waals surface area contributed by atoms with E-state index in [4.69, 9.17) is 0 Å². The van der Waals surface area contributed by atoms with Gasteiger partial charge in [0, 0.05) is 25.7 Å². The third-order valence-corrected chi connectivity index (χ3v) is 3.44. The van der Waals surface area contributed by atoms with Crippen LogP contribution in [0.1, 0.15) is 32.3 Å². The first-order valence-corrected chi connectivity index (χ1v) is 6.78. The van der Waals surface area contributed by atoms with Crippen molar-refractivity contribution >= 4 is 6.03 Å². The molecule has 1 aliphatic heterocycles. The maximum Gasteiger partial charge on any atom is 0.320 e. The van der Waals surface area contributed by atoms with Crippen LogP contribution >= 0.6 is 0 Å². The van der Waals surface area contributed by atoms with Gasteiger partial charge in [0.05, 0.1) is 0 Å². The van der Waals surface area contributed by atoms with E-state index in [1.807, 2.05) is 28.0 Å². The molecule has 1 heterocycles. The van der Waals surface area contributed by atoms with Crippen LogP contribution in [-0.4, -0.2) is 35.0 Å². The summed E-state index contributed by atoms with van der Waals surface area (Å²) < 4.78 is 0. The summed E-state index contributed by atoms with van der Waals surface area (Å²) >= 11 is 0. The van der Waals surface area contributed by atoms with Gasteiger partial charge in [-0.25, -0.2) is 4.79 Å². The Labute approximate surface area is 109 Å². The van der Waals surface area contributed by atoms with Crippen LogP contribution in [0.3, 0.4) is 0 Å². The number of rotatable bonds is 3. The molecule has 1 aliphatic rings. The minimum atomic E-state index is 0.186. The molecule has 3 nitrogen and oxygen atoms in total. The van der Waals surface area contributed by atoms with Gasteiger partial charge in [0.1, 0.15) is 0 Å². The van der Waals surface area contributed by atoms with Crippen molar-refractivity contribution in [2.75, 3.05) is 13.1 Å². The van der Waals surface area contributed by atoms with Gasteiger partial charge in [-0.2, -0.15) is 0 Å². The first-order chi connectivity index (χ1) is 8.68. The van der Waals surface area contributed by atoms with E-state index in [2.05, 4.69) is 26.0 Å². The first-order valence-electron chi connectivity index (χ1n) is 6.78. The van der Waals surface area contributed by atoms with Crippen LogP contribution in [-0.2, 0) is 6.54 Å². The second-order valence-corrected chi connectivity index (χ2v) is 5.18. The van der Waals surface area contributed by atoms with Crippen molar-refractivity contribution in [2.45, 2.75) is 39.3 Å². The van der Waals surface area contributed by atoms with Gasteiger partial charge in [-0.05, 0) is 32.3 Å². The van der Waals surface area contributed by atoms with E-state index in [0.29, 0.717) is 6.54 Å². The highest BCUT2D eigenvalue weighted by Crippen LogP contribution is 2.15. The Morgan fingerprint density at radius 1 is 1.22 bits per heavy atom. The van der Waals surface area contributed by atoms with Gasteiger partial charge in [0.2, 0.25) is 0 Å². The Morgan fingerprint density at radius 2 is 1.83 bits per heavy atom. The second-order valence-electron chi connectivity index (χ2n) is 5.18. The fourth-order valence-electron chi connectivity index (χ4n) is 2.34. The van der Waals surface area contributed by atoms with Gasteiger partial charge in [-0.1, -0.05) is 30.3 Å². The summed E-state index contributed by atoms with van der Waals surface area (Å²) in [6, 6.07) is 10.6. The van der Waals surface area contributed by atoms with E-state index in [1.165, 1.54) is 5.56 Å². The highest BCUT2D eigenvalue weighted by Gasteiger charge is 2.25. The first kappa shape index (κ1) is 12.9. The van der Waals surface area contributed by atoms with E-state index in [1.54, 1.807) is 0 Å². The number of benzene rings is 1. The normalized spacial score (nSPS) is 15.2. The Balaban J connectivity index is 2.06. The second kappa shape index (κ2) is 5.89. The van der Waals surface area contributed by atoms with E-state index in [0.717, 1.165) is 25.9 Å². The average Bonchev–Trinajstić information content (AvgIpc) is 2.90. The number of amides is 2. The molecule has 0 atom stereocenters. The Kier molecular flexibility index (Phi) is 4.24. The van der Waals surface area contributed by atoms with Crippen LogP contribution in [0.15, 0.2) is 30.3 Å². The summed E-state index contributed by atoms with van der Waals surface area (Å²) in [6.45, 7) is 6.69. The third-order valence-electron chi connectivity index (χ3n) is 3.44. The zero-order valence-corrected chi connectivity index (χ0v) is 11.3. The lowest BCUT2D eigenvalue weighted by Crippen LogP contribution is -2.44. The van der Waals surface area contributed by atoms with Crippen molar-refractivity contribution in [3.63, 3.8) is 0 Å². The van der Waals surface area contributed by atoms with E-state index < -0.39 is 0 Å². The Morgan fingerprint density at radius 3 is 2.39 bits per heavy atom. The molecule has 2 amide bonds. The molecular formula is C15H22N2O. The number of hydrogen-bond acceptors (Lipinski definition) is 1. The quantitative estimate of drug-likeness (QED) is 0.804. The van der Waals surface area contributed by atoms with Crippen molar-refractivity contribution < 1.29 is 4.79 Å². The SMILES string of the molecule is CC(C)N(Cc1ccccc1)C(=O)N1CCCC1. The molecule has 0 radical (unpaired) electrons. The number of carbonyl (C=O) groups is 1. The van der Waals surface area contributed by atoms with Crippen LogP contribution in [0.4, 0.5) is 4.79 Å². The molecule has 1 aromatic rings. The van der Waals surface area contributed by atoms with Gasteiger partial charge >= 0.3 is 6.03 Å². The van der Waals surface area contributed by atoms with Crippen molar-refractivity contribution in [1.29, 1.82) is 0 Å². The van der Waals surface area contributed by atoms with Gasteiger partial charge < -0.3 is 9.80 Å². The molecule has 1 fully saturated rings. The molecular weight excluding hydrogens is 224 g/mol. The summed E-state index contributed by atoms with van der Waals surface area (Å²) in [6.07, 6.45) is 2.28. The van der Waals surface area contributed by atoms with Crippen LogP contribution in [0, 0.1) is 0 Å². The standard InChI is InChI=1S/C15H22N2O/c1-13(2)17(12-14-8-4-3-5-9-14)15(18)16-10-6-7-11-16/h3-5,8-9,13H,6-7,10-12H2,1-2H3. The lowest BCUT2D eigenvalue weighted by Gasteiger charge is -2.31. The van der Waals surface area contributed by atoms with E-state index in [-0.39, 0.29) is 12.1 Å². The van der Waals surface area contributed by atoms with Gasteiger partial charge in [0.15, 0.2) is 0 Å². The topological polar surface area (TPSA) is 23.6 Å². The monoisotopic (exact) mass is 246 g/mol. The summed E-state index contributed by atoms with van der Waals surface area (Å²) in [5, 5.41) is 0. The van der Waals surface area contributed by atoms with E-state index >= 15 is 0 Å². The maximum atomic E-state index is 12.4. The number of nitrogens with zero attached hydrogens (tertiary/aromatic N) is 2. The molecule has 0 unspecified atom stereocenters. The minimum Gasteiger partial charge on any atom is -0.325 e. The van der Waals surface area contributed by atoms with Crippen LogP contribution in [0.5, 0.6) is 0 Å². The summed E-state index contributed by atoms with van der Waals surface area (Å²) in [4.78, 5) is 16.4. The number of hydrogen-bond donors (Lipinski definition) is 0. The Bertz CT molecular complexity index is 383. The summed E-state index contributed by atoms with van der Waals surface area (Å²) in [5.41, 5.74) is 1.19. The molecule has 2 rings (SSSR count). The molecule has 0 saturated carbocycles. The van der Waals surface area contributed by atoms with Crippen molar-refractivity contribution in [2.24, 2.45) is 0 Å². The van der Waals surface area contributed by atoms with Crippen molar-refractivity contribution in [1.82, 2.24) is 9.80 Å². The molecule has 98 valence electrons. The number of likely N-dealkylation sites (tertiary alicyclic amines) is 1. The van der Waals surface area contributed by atoms with Crippen molar-refractivity contribution in [3.05, 3.63) is 35.9 Å². The highest BCUT2D eigenvalue weighted by atomic mass is 16.2. The molecule has 0 aliphatic carbocycles. The molecule has 0 N–H and O–H groups in total. The summed E-state index contributed by atoms with van der Waals surface area (Å²) in [7, 11) is 0. The molecule has 18 heavy (non-hydrogen) atoms. The predicted octanol–water partition coefficient (Wildman–Crippen LogP) is 3.11. The number of carbonyl (C=O) groups excluding carboxylic acids is 1. The van der Waals surface area contributed by atoms with E-state index in [9.17, 15) is 4.79 Å². The van der Waals surface area contributed by atoms with Crippen LogP contribution in [0.2, 0.25) is 0 Å². The molecule has 3 heteroatoms. The zero-order chi connectivity index (χ0) is 13.0. The largest absolute Gasteiger partial charge is 0.325 e.